The van der Waals surface area contributed by atoms with E-state index in [0.29, 0.717) is 12.3 Å². The number of hydrogen-bond acceptors (Lipinski definition) is 3. The topological polar surface area (TPSA) is 66.8 Å². The van der Waals surface area contributed by atoms with Crippen molar-refractivity contribution in [3.8, 4) is 11.3 Å². The number of amides is 1. The number of H-pyrrole nitrogens is 1. The molecule has 0 bridgehead atoms. The van der Waals surface area contributed by atoms with E-state index in [0.717, 1.165) is 47.4 Å². The zero-order valence-corrected chi connectivity index (χ0v) is 18.0. The number of hydrogen-bond donors (Lipinski definition) is 1. The van der Waals surface area contributed by atoms with Gasteiger partial charge in [0.05, 0.1) is 29.3 Å². The van der Waals surface area contributed by atoms with Crippen LogP contribution in [0.4, 0.5) is 0 Å². The summed E-state index contributed by atoms with van der Waals surface area (Å²) in [4.78, 5) is 19.9. The Morgan fingerprint density at radius 2 is 2.00 bits per heavy atom. The molecular weight excluding hydrogens is 386 g/mol. The Morgan fingerprint density at radius 3 is 2.77 bits per heavy atom. The standard InChI is InChI=1S/C25H27N5O/c1-25(2)13-19(17-30(25)24(31)12-18-6-4-3-5-7-18)16-29-11-10-22-23(29)9-8-21(28-22)20-14-26-27-15-20/h3-11,14-15,19H,12-13,16-17H2,1-2H3,(H,26,27). The van der Waals surface area contributed by atoms with E-state index in [9.17, 15) is 4.79 Å². The first kappa shape index (κ1) is 19.5. The van der Waals surface area contributed by atoms with E-state index in [4.69, 9.17) is 4.98 Å². The quantitative estimate of drug-likeness (QED) is 0.531. The van der Waals surface area contributed by atoms with Gasteiger partial charge >= 0.3 is 0 Å². The highest BCUT2D eigenvalue weighted by Gasteiger charge is 2.40. The van der Waals surface area contributed by atoms with Gasteiger partial charge in [-0.1, -0.05) is 30.3 Å². The summed E-state index contributed by atoms with van der Waals surface area (Å²) in [5.74, 6) is 0.626. The van der Waals surface area contributed by atoms with Gasteiger partial charge in [-0.15, -0.1) is 0 Å². The number of rotatable bonds is 5. The second kappa shape index (κ2) is 7.69. The van der Waals surface area contributed by atoms with Crippen LogP contribution in [0.2, 0.25) is 0 Å². The first-order valence-electron chi connectivity index (χ1n) is 10.8. The van der Waals surface area contributed by atoms with Crippen LogP contribution in [0.15, 0.2) is 67.1 Å². The van der Waals surface area contributed by atoms with Crippen LogP contribution in [0.3, 0.4) is 0 Å². The summed E-state index contributed by atoms with van der Waals surface area (Å²) < 4.78 is 2.27. The minimum absolute atomic E-state index is 0.133. The maximum Gasteiger partial charge on any atom is 0.227 e. The Morgan fingerprint density at radius 1 is 1.16 bits per heavy atom. The van der Waals surface area contributed by atoms with Crippen molar-refractivity contribution in [3.05, 3.63) is 72.7 Å². The van der Waals surface area contributed by atoms with Gasteiger partial charge in [0, 0.05) is 36.6 Å². The zero-order chi connectivity index (χ0) is 21.4. The van der Waals surface area contributed by atoms with Gasteiger partial charge in [-0.2, -0.15) is 5.10 Å². The third-order valence-electron chi connectivity index (χ3n) is 6.33. The SMILES string of the molecule is CC1(C)CC(Cn2ccc3nc(-c4cn[nH]c4)ccc32)CN1C(=O)Cc1ccccc1. The first-order chi connectivity index (χ1) is 15.0. The summed E-state index contributed by atoms with van der Waals surface area (Å²) in [5, 5.41) is 6.85. The maximum atomic E-state index is 13.0. The van der Waals surface area contributed by atoms with Gasteiger partial charge in [-0.05, 0) is 49.9 Å². The van der Waals surface area contributed by atoms with Gasteiger partial charge < -0.3 is 9.47 Å². The molecule has 6 heteroatoms. The highest BCUT2D eigenvalue weighted by Crippen LogP contribution is 2.35. The molecule has 1 aromatic carbocycles. The summed E-state index contributed by atoms with van der Waals surface area (Å²) in [6.07, 6.45) is 7.20. The normalized spacial score (nSPS) is 18.0. The van der Waals surface area contributed by atoms with Gasteiger partial charge in [0.25, 0.3) is 0 Å². The predicted octanol–water partition coefficient (Wildman–Crippen LogP) is 4.30. The van der Waals surface area contributed by atoms with Crippen molar-refractivity contribution in [1.82, 2.24) is 24.6 Å². The van der Waals surface area contributed by atoms with Crippen molar-refractivity contribution in [2.24, 2.45) is 5.92 Å². The Balaban J connectivity index is 1.31. The minimum atomic E-state index is -0.133. The average molecular weight is 414 g/mol. The maximum absolute atomic E-state index is 13.0. The van der Waals surface area contributed by atoms with E-state index in [1.807, 2.05) is 42.6 Å². The van der Waals surface area contributed by atoms with Crippen molar-refractivity contribution in [2.75, 3.05) is 6.54 Å². The summed E-state index contributed by atoms with van der Waals surface area (Å²) in [5.41, 5.74) is 4.94. The van der Waals surface area contributed by atoms with Crippen LogP contribution in [-0.4, -0.2) is 42.6 Å². The van der Waals surface area contributed by atoms with Crippen LogP contribution in [0, 0.1) is 5.92 Å². The average Bonchev–Trinajstić information content (AvgIpc) is 3.48. The van der Waals surface area contributed by atoms with E-state index in [1.165, 1.54) is 0 Å². The van der Waals surface area contributed by atoms with Gasteiger partial charge in [-0.25, -0.2) is 4.98 Å². The molecule has 0 spiro atoms. The van der Waals surface area contributed by atoms with E-state index in [2.05, 4.69) is 51.8 Å². The third kappa shape index (κ3) is 3.85. The largest absolute Gasteiger partial charge is 0.346 e. The summed E-state index contributed by atoms with van der Waals surface area (Å²) in [7, 11) is 0. The van der Waals surface area contributed by atoms with Crippen LogP contribution in [0.5, 0.6) is 0 Å². The smallest absolute Gasteiger partial charge is 0.227 e. The zero-order valence-electron chi connectivity index (χ0n) is 18.0. The number of aromatic amines is 1. The van der Waals surface area contributed by atoms with Crippen LogP contribution in [-0.2, 0) is 17.8 Å². The lowest BCUT2D eigenvalue weighted by Crippen LogP contribution is -2.43. The molecule has 1 aliphatic heterocycles. The third-order valence-corrected chi connectivity index (χ3v) is 6.33. The molecule has 1 unspecified atom stereocenters. The number of nitrogens with one attached hydrogen (secondary N) is 1. The Hall–Kier alpha value is -3.41. The second-order valence-corrected chi connectivity index (χ2v) is 9.11. The van der Waals surface area contributed by atoms with Crippen LogP contribution in [0.1, 0.15) is 25.8 Å². The number of nitrogens with zero attached hydrogens (tertiary/aromatic N) is 4. The molecule has 1 N–H and O–H groups in total. The molecule has 158 valence electrons. The Bertz CT molecular complexity index is 1190. The summed E-state index contributed by atoms with van der Waals surface area (Å²) in [6.45, 7) is 6.04. The number of carbonyl (C=O) groups is 1. The fourth-order valence-electron chi connectivity index (χ4n) is 4.88. The Labute approximate surface area is 181 Å². The van der Waals surface area contributed by atoms with Gasteiger partial charge in [0.1, 0.15) is 0 Å². The molecule has 1 fully saturated rings. The lowest BCUT2D eigenvalue weighted by molar-refractivity contribution is -0.133. The molecule has 3 aromatic heterocycles. The van der Waals surface area contributed by atoms with Crippen LogP contribution >= 0.6 is 0 Å². The van der Waals surface area contributed by atoms with Crippen LogP contribution < -0.4 is 0 Å². The summed E-state index contributed by atoms with van der Waals surface area (Å²) in [6, 6.07) is 16.2. The summed E-state index contributed by atoms with van der Waals surface area (Å²) >= 11 is 0. The molecule has 0 aliphatic carbocycles. The molecule has 6 nitrogen and oxygen atoms in total. The molecule has 0 saturated carbocycles. The monoisotopic (exact) mass is 413 g/mol. The molecule has 5 rings (SSSR count). The van der Waals surface area contributed by atoms with Crippen LogP contribution in [0.25, 0.3) is 22.3 Å². The van der Waals surface area contributed by atoms with Crippen molar-refractivity contribution < 1.29 is 4.79 Å². The molecule has 0 radical (unpaired) electrons. The van der Waals surface area contributed by atoms with Crippen molar-refractivity contribution in [2.45, 2.75) is 38.8 Å². The van der Waals surface area contributed by atoms with Crippen molar-refractivity contribution in [3.63, 3.8) is 0 Å². The molecule has 31 heavy (non-hydrogen) atoms. The fourth-order valence-corrected chi connectivity index (χ4v) is 4.88. The molecular formula is C25H27N5O. The Kier molecular flexibility index (Phi) is 4.85. The first-order valence-corrected chi connectivity index (χ1v) is 10.8. The van der Waals surface area contributed by atoms with Crippen molar-refractivity contribution >= 4 is 16.9 Å². The molecule has 1 amide bonds. The van der Waals surface area contributed by atoms with E-state index < -0.39 is 0 Å². The number of carbonyl (C=O) groups excluding carboxylic acids is 1. The van der Waals surface area contributed by atoms with Gasteiger partial charge in [0.2, 0.25) is 5.91 Å². The fraction of sp³-hybridized carbons (Fsp3) is 0.320. The highest BCUT2D eigenvalue weighted by atomic mass is 16.2. The molecule has 1 atom stereocenters. The number of aromatic nitrogens is 4. The molecule has 4 aromatic rings. The number of fused-ring (bicyclic) bond motifs is 1. The molecule has 1 saturated heterocycles. The number of likely N-dealkylation sites (tertiary alicyclic amines) is 1. The van der Waals surface area contributed by atoms with Gasteiger partial charge in [0.15, 0.2) is 0 Å². The number of pyridine rings is 1. The molecule has 1 aliphatic rings. The lowest BCUT2D eigenvalue weighted by Gasteiger charge is -2.31. The van der Waals surface area contributed by atoms with E-state index in [-0.39, 0.29) is 11.4 Å². The lowest BCUT2D eigenvalue weighted by atomic mass is 9.96. The minimum Gasteiger partial charge on any atom is -0.346 e. The number of benzene rings is 1. The van der Waals surface area contributed by atoms with Gasteiger partial charge in [-0.3, -0.25) is 9.89 Å². The van der Waals surface area contributed by atoms with Crippen molar-refractivity contribution in [1.29, 1.82) is 0 Å². The van der Waals surface area contributed by atoms with E-state index >= 15 is 0 Å². The predicted molar refractivity (Wildman–Crippen MR) is 121 cm³/mol. The molecule has 4 heterocycles. The highest BCUT2D eigenvalue weighted by molar-refractivity contribution is 5.80. The second-order valence-electron chi connectivity index (χ2n) is 9.11. The van der Waals surface area contributed by atoms with E-state index in [1.54, 1.807) is 6.20 Å².